The van der Waals surface area contributed by atoms with Gasteiger partial charge in [0.15, 0.2) is 5.13 Å². The van der Waals surface area contributed by atoms with Gasteiger partial charge >= 0.3 is 0 Å². The first-order valence-electron chi connectivity index (χ1n) is 10.8. The van der Waals surface area contributed by atoms with E-state index in [-0.39, 0.29) is 29.7 Å². The maximum absolute atomic E-state index is 13.5. The van der Waals surface area contributed by atoms with Crippen molar-refractivity contribution in [2.75, 3.05) is 44.2 Å². The normalized spacial score (nSPS) is 14.5. The fraction of sp³-hybridized carbons (Fsp3) is 0.250. The van der Waals surface area contributed by atoms with E-state index in [1.807, 2.05) is 0 Å². The average molecular weight is 501 g/mol. The molecule has 2 heterocycles. The van der Waals surface area contributed by atoms with E-state index in [0.29, 0.717) is 31.7 Å². The third kappa shape index (κ3) is 4.89. The van der Waals surface area contributed by atoms with E-state index in [4.69, 9.17) is 0 Å². The molecule has 0 aliphatic carbocycles. The lowest BCUT2D eigenvalue weighted by molar-refractivity contribution is 0.0746. The third-order valence-electron chi connectivity index (χ3n) is 5.58. The summed E-state index contributed by atoms with van der Waals surface area (Å²) in [5.74, 6) is -0.435. The van der Waals surface area contributed by atoms with Gasteiger partial charge in [-0.15, -0.1) is 13.2 Å². The molecular weight excluding hydrogens is 475 g/mol. The average Bonchev–Trinajstić information content (AvgIpc) is 3.27. The van der Waals surface area contributed by atoms with E-state index in [1.165, 1.54) is 52.1 Å². The number of halogens is 1. The molecule has 1 fully saturated rings. The number of rotatable bonds is 8. The molecule has 1 aliphatic heterocycles. The molecule has 1 amide bonds. The lowest BCUT2D eigenvalue weighted by Crippen LogP contribution is -2.48. The number of piperazine rings is 1. The van der Waals surface area contributed by atoms with E-state index >= 15 is 0 Å². The van der Waals surface area contributed by atoms with Crippen LogP contribution in [-0.2, 0) is 10.0 Å². The molecule has 3 aromatic rings. The van der Waals surface area contributed by atoms with Crippen LogP contribution in [0.5, 0.6) is 0 Å². The number of fused-ring (bicyclic) bond motifs is 1. The van der Waals surface area contributed by atoms with Crippen LogP contribution in [0.4, 0.5) is 9.52 Å². The molecule has 2 aromatic carbocycles. The number of thiazole rings is 1. The molecule has 0 atom stereocenters. The topological polar surface area (TPSA) is 73.8 Å². The Morgan fingerprint density at radius 2 is 1.71 bits per heavy atom. The lowest BCUT2D eigenvalue weighted by atomic mass is 10.2. The van der Waals surface area contributed by atoms with Crippen LogP contribution in [0.3, 0.4) is 0 Å². The fourth-order valence-corrected chi connectivity index (χ4v) is 6.21. The van der Waals surface area contributed by atoms with Crippen molar-refractivity contribution in [1.82, 2.24) is 14.2 Å². The number of carbonyl (C=O) groups excluding carboxylic acids is 1. The van der Waals surface area contributed by atoms with Gasteiger partial charge in [0.25, 0.3) is 5.91 Å². The summed E-state index contributed by atoms with van der Waals surface area (Å²) in [6.07, 6.45) is 3.04. The van der Waals surface area contributed by atoms with Gasteiger partial charge < -0.3 is 9.80 Å². The predicted molar refractivity (Wildman–Crippen MR) is 133 cm³/mol. The maximum Gasteiger partial charge on any atom is 0.253 e. The van der Waals surface area contributed by atoms with Gasteiger partial charge in [0.05, 0.1) is 15.1 Å². The molecule has 0 N–H and O–H groups in total. The molecule has 1 saturated heterocycles. The number of nitrogens with zero attached hydrogens (tertiary/aromatic N) is 4. The van der Waals surface area contributed by atoms with Gasteiger partial charge in [0, 0.05) is 44.8 Å². The molecule has 1 aromatic heterocycles. The number of sulfonamides is 1. The first-order valence-corrected chi connectivity index (χ1v) is 13.0. The first-order chi connectivity index (χ1) is 16.3. The van der Waals surface area contributed by atoms with Crippen LogP contribution in [0.1, 0.15) is 10.4 Å². The van der Waals surface area contributed by atoms with Gasteiger partial charge in [0.2, 0.25) is 10.0 Å². The number of hydrogen-bond donors (Lipinski definition) is 0. The molecule has 178 valence electrons. The summed E-state index contributed by atoms with van der Waals surface area (Å²) in [5, 5.41) is 0.811. The molecule has 0 radical (unpaired) electrons. The van der Waals surface area contributed by atoms with E-state index in [2.05, 4.69) is 23.0 Å². The van der Waals surface area contributed by atoms with E-state index in [9.17, 15) is 17.6 Å². The second kappa shape index (κ2) is 10.0. The van der Waals surface area contributed by atoms with E-state index in [0.717, 1.165) is 15.3 Å². The van der Waals surface area contributed by atoms with Crippen molar-refractivity contribution in [3.63, 3.8) is 0 Å². The number of benzene rings is 2. The molecule has 0 bridgehead atoms. The zero-order chi connectivity index (χ0) is 24.3. The Morgan fingerprint density at radius 1 is 1.06 bits per heavy atom. The van der Waals surface area contributed by atoms with Crippen LogP contribution in [0.25, 0.3) is 10.2 Å². The molecule has 0 spiro atoms. The van der Waals surface area contributed by atoms with Crippen LogP contribution >= 0.6 is 11.3 Å². The Labute approximate surface area is 202 Å². The van der Waals surface area contributed by atoms with E-state index in [1.54, 1.807) is 23.1 Å². The predicted octanol–water partition coefficient (Wildman–Crippen LogP) is 3.76. The molecular formula is C24H25FN4O3S2. The van der Waals surface area contributed by atoms with Crippen LogP contribution in [0, 0.1) is 5.82 Å². The van der Waals surface area contributed by atoms with Crippen molar-refractivity contribution in [2.45, 2.75) is 4.90 Å². The Hall–Kier alpha value is -3.08. The SMILES string of the molecule is C=CCN(CC=C)S(=O)(=O)c1ccc(C(=O)N2CCN(c3nc4ccc(F)cc4s3)CC2)cc1. The van der Waals surface area contributed by atoms with Gasteiger partial charge in [-0.2, -0.15) is 4.31 Å². The third-order valence-corrected chi connectivity index (χ3v) is 8.51. The highest BCUT2D eigenvalue weighted by Crippen LogP contribution is 2.30. The minimum Gasteiger partial charge on any atom is -0.345 e. The molecule has 0 saturated carbocycles. The number of amides is 1. The van der Waals surface area contributed by atoms with E-state index < -0.39 is 10.0 Å². The minimum atomic E-state index is -3.71. The highest BCUT2D eigenvalue weighted by atomic mass is 32.2. The monoisotopic (exact) mass is 500 g/mol. The molecule has 34 heavy (non-hydrogen) atoms. The Morgan fingerprint density at radius 3 is 2.32 bits per heavy atom. The fourth-order valence-electron chi connectivity index (χ4n) is 3.78. The number of hydrogen-bond acceptors (Lipinski definition) is 6. The quantitative estimate of drug-likeness (QED) is 0.441. The highest BCUT2D eigenvalue weighted by Gasteiger charge is 2.26. The van der Waals surface area contributed by atoms with Crippen LogP contribution < -0.4 is 4.90 Å². The summed E-state index contributed by atoms with van der Waals surface area (Å²) in [4.78, 5) is 21.5. The number of aromatic nitrogens is 1. The molecule has 10 heteroatoms. The van der Waals surface area contributed by atoms with Crippen molar-refractivity contribution in [3.05, 3.63) is 79.2 Å². The second-order valence-corrected chi connectivity index (χ2v) is 10.8. The van der Waals surface area contributed by atoms with Crippen LogP contribution in [-0.4, -0.2) is 67.8 Å². The van der Waals surface area contributed by atoms with Crippen molar-refractivity contribution in [1.29, 1.82) is 0 Å². The molecule has 4 rings (SSSR count). The van der Waals surface area contributed by atoms with Crippen molar-refractivity contribution in [3.8, 4) is 0 Å². The molecule has 0 unspecified atom stereocenters. The maximum atomic E-state index is 13.5. The molecule has 7 nitrogen and oxygen atoms in total. The highest BCUT2D eigenvalue weighted by molar-refractivity contribution is 7.89. The summed E-state index contributed by atoms with van der Waals surface area (Å²) in [7, 11) is -3.71. The number of carbonyl (C=O) groups is 1. The van der Waals surface area contributed by atoms with Crippen molar-refractivity contribution >= 4 is 42.6 Å². The number of anilines is 1. The van der Waals surface area contributed by atoms with Crippen molar-refractivity contribution < 1.29 is 17.6 Å². The standard InChI is InChI=1S/C24H25FN4O3S2/c1-3-11-29(12-4-2)34(31,32)20-8-5-18(6-9-20)23(30)27-13-15-28(16-14-27)24-26-21-10-7-19(25)17-22(21)33-24/h3-10,17H,1-2,11-16H2. The smallest absolute Gasteiger partial charge is 0.253 e. The summed E-state index contributed by atoms with van der Waals surface area (Å²) in [5.41, 5.74) is 1.19. The first kappa shape index (κ1) is 24.1. The summed E-state index contributed by atoms with van der Waals surface area (Å²) in [6, 6.07) is 10.6. The zero-order valence-corrected chi connectivity index (χ0v) is 20.2. The van der Waals surface area contributed by atoms with Gasteiger partial charge in [-0.3, -0.25) is 4.79 Å². The largest absolute Gasteiger partial charge is 0.345 e. The van der Waals surface area contributed by atoms with Crippen LogP contribution in [0.15, 0.2) is 72.7 Å². The Kier molecular flexibility index (Phi) is 7.11. The summed E-state index contributed by atoms with van der Waals surface area (Å²) < 4.78 is 41.2. The zero-order valence-electron chi connectivity index (χ0n) is 18.6. The molecule has 1 aliphatic rings. The van der Waals surface area contributed by atoms with Gasteiger partial charge in [-0.05, 0) is 42.5 Å². The van der Waals surface area contributed by atoms with Crippen LogP contribution in [0.2, 0.25) is 0 Å². The Balaban J connectivity index is 1.41. The van der Waals surface area contributed by atoms with Gasteiger partial charge in [-0.25, -0.2) is 17.8 Å². The second-order valence-electron chi connectivity index (χ2n) is 7.81. The van der Waals surface area contributed by atoms with Gasteiger partial charge in [-0.1, -0.05) is 23.5 Å². The lowest BCUT2D eigenvalue weighted by Gasteiger charge is -2.34. The minimum absolute atomic E-state index is 0.116. The summed E-state index contributed by atoms with van der Waals surface area (Å²) in [6.45, 7) is 9.79. The van der Waals surface area contributed by atoms with Crippen molar-refractivity contribution in [2.24, 2.45) is 0 Å². The van der Waals surface area contributed by atoms with Gasteiger partial charge in [0.1, 0.15) is 5.82 Å². The Bertz CT molecular complexity index is 1300. The summed E-state index contributed by atoms with van der Waals surface area (Å²) >= 11 is 1.44.